The van der Waals surface area contributed by atoms with Crippen LogP contribution < -0.4 is 0 Å². The van der Waals surface area contributed by atoms with E-state index >= 15 is 0 Å². The summed E-state index contributed by atoms with van der Waals surface area (Å²) in [7, 11) is 0. The topological polar surface area (TPSA) is 32.8 Å². The van der Waals surface area contributed by atoms with Crippen molar-refractivity contribution in [2.24, 2.45) is 17.8 Å². The van der Waals surface area contributed by atoms with Crippen LogP contribution in [-0.2, 0) is 22.3 Å². The molecule has 0 aromatic heterocycles. The van der Waals surface area contributed by atoms with Gasteiger partial charge in [0.2, 0.25) is 5.91 Å². The van der Waals surface area contributed by atoms with Crippen LogP contribution in [0.2, 0.25) is 0 Å². The molecule has 4 rings (SSSR count). The first-order chi connectivity index (χ1) is 14.1. The van der Waals surface area contributed by atoms with Gasteiger partial charge in [0.25, 0.3) is 0 Å². The molecule has 3 saturated heterocycles. The van der Waals surface area contributed by atoms with Gasteiger partial charge in [-0.25, -0.2) is 0 Å². The van der Waals surface area contributed by atoms with Gasteiger partial charge in [-0.3, -0.25) is 9.69 Å². The van der Waals surface area contributed by atoms with Crippen LogP contribution >= 0.6 is 0 Å². The number of carbonyl (C=O) groups excluding carboxylic acids is 1. The molecule has 3 aliphatic heterocycles. The number of ether oxygens (including phenoxy) is 1. The van der Waals surface area contributed by atoms with Crippen LogP contribution in [0, 0.1) is 17.8 Å². The molecule has 1 aromatic carbocycles. The molecule has 166 valence electrons. The van der Waals surface area contributed by atoms with E-state index in [1.807, 2.05) is 6.92 Å². The van der Waals surface area contributed by atoms with E-state index in [-0.39, 0.29) is 30.0 Å². The molecular formula is C23H31F3N2O2. The lowest BCUT2D eigenvalue weighted by Crippen LogP contribution is -2.66. The Morgan fingerprint density at radius 3 is 2.53 bits per heavy atom. The molecule has 1 amide bonds. The Hall–Kier alpha value is -1.60. The van der Waals surface area contributed by atoms with Crippen molar-refractivity contribution in [1.29, 1.82) is 0 Å². The van der Waals surface area contributed by atoms with E-state index in [0.717, 1.165) is 43.6 Å². The quantitative estimate of drug-likeness (QED) is 0.730. The van der Waals surface area contributed by atoms with Gasteiger partial charge in [-0.1, -0.05) is 32.9 Å². The minimum atomic E-state index is -4.31. The molecule has 5 atom stereocenters. The van der Waals surface area contributed by atoms with Crippen molar-refractivity contribution < 1.29 is 22.7 Å². The number of halogens is 3. The zero-order chi connectivity index (χ0) is 21.6. The van der Waals surface area contributed by atoms with Crippen molar-refractivity contribution in [3.05, 3.63) is 35.4 Å². The second kappa shape index (κ2) is 8.15. The van der Waals surface area contributed by atoms with Gasteiger partial charge in [-0.05, 0) is 42.4 Å². The maximum atomic E-state index is 13.1. The molecule has 3 aliphatic rings. The minimum absolute atomic E-state index is 0.00253. The van der Waals surface area contributed by atoms with Gasteiger partial charge in [0.05, 0.1) is 30.4 Å². The van der Waals surface area contributed by atoms with Crippen molar-refractivity contribution in [1.82, 2.24) is 9.80 Å². The largest absolute Gasteiger partial charge is 0.416 e. The van der Waals surface area contributed by atoms with Gasteiger partial charge >= 0.3 is 6.18 Å². The number of hydrogen-bond donors (Lipinski definition) is 0. The van der Waals surface area contributed by atoms with Crippen LogP contribution in [0.1, 0.15) is 44.7 Å². The lowest BCUT2D eigenvalue weighted by molar-refractivity contribution is -0.178. The number of hydrogen-bond acceptors (Lipinski definition) is 3. The molecule has 0 N–H and O–H groups in total. The van der Waals surface area contributed by atoms with E-state index in [0.29, 0.717) is 25.0 Å². The highest BCUT2D eigenvalue weighted by Gasteiger charge is 2.51. The Bertz CT molecular complexity index is 765. The number of benzene rings is 1. The number of piperidine rings is 1. The second-order valence-electron chi connectivity index (χ2n) is 9.53. The third-order valence-electron chi connectivity index (χ3n) is 7.04. The van der Waals surface area contributed by atoms with Gasteiger partial charge in [0, 0.05) is 25.6 Å². The fourth-order valence-electron chi connectivity index (χ4n) is 5.48. The smallest absolute Gasteiger partial charge is 0.374 e. The van der Waals surface area contributed by atoms with Crippen molar-refractivity contribution in [2.75, 3.05) is 19.7 Å². The maximum absolute atomic E-state index is 13.1. The predicted molar refractivity (Wildman–Crippen MR) is 108 cm³/mol. The van der Waals surface area contributed by atoms with Gasteiger partial charge in [-0.15, -0.1) is 0 Å². The summed E-state index contributed by atoms with van der Waals surface area (Å²) in [5, 5.41) is 0. The van der Waals surface area contributed by atoms with E-state index in [2.05, 4.69) is 23.6 Å². The minimum Gasteiger partial charge on any atom is -0.374 e. The Balaban J connectivity index is 1.52. The Morgan fingerprint density at radius 2 is 1.90 bits per heavy atom. The molecule has 3 fully saturated rings. The first-order valence-corrected chi connectivity index (χ1v) is 11.0. The number of morpholine rings is 1. The second-order valence-corrected chi connectivity index (χ2v) is 9.53. The van der Waals surface area contributed by atoms with Crippen LogP contribution in [0.25, 0.3) is 0 Å². The zero-order valence-electron chi connectivity index (χ0n) is 17.9. The highest BCUT2D eigenvalue weighted by molar-refractivity contribution is 5.80. The van der Waals surface area contributed by atoms with Gasteiger partial charge in [0.15, 0.2) is 0 Å². The van der Waals surface area contributed by atoms with Crippen LogP contribution in [0.15, 0.2) is 24.3 Å². The monoisotopic (exact) mass is 424 g/mol. The Morgan fingerprint density at radius 1 is 1.20 bits per heavy atom. The van der Waals surface area contributed by atoms with E-state index in [1.165, 1.54) is 0 Å². The van der Waals surface area contributed by atoms with Crippen LogP contribution in [0.3, 0.4) is 0 Å². The first kappa shape index (κ1) is 21.6. The molecule has 7 heteroatoms. The fraction of sp³-hybridized carbons (Fsp3) is 0.696. The molecule has 0 bridgehead atoms. The molecule has 3 heterocycles. The molecular weight excluding hydrogens is 393 g/mol. The van der Waals surface area contributed by atoms with Crippen LogP contribution in [-0.4, -0.2) is 53.6 Å². The summed E-state index contributed by atoms with van der Waals surface area (Å²) in [5.74, 6) is 0.908. The van der Waals surface area contributed by atoms with Crippen molar-refractivity contribution in [3.63, 3.8) is 0 Å². The molecule has 0 aliphatic carbocycles. The van der Waals surface area contributed by atoms with Crippen LogP contribution in [0.5, 0.6) is 0 Å². The molecule has 0 saturated carbocycles. The Labute approximate surface area is 176 Å². The summed E-state index contributed by atoms with van der Waals surface area (Å²) in [6, 6.07) is 5.69. The average Bonchev–Trinajstić information content (AvgIpc) is 2.85. The van der Waals surface area contributed by atoms with Gasteiger partial charge in [0.1, 0.15) is 0 Å². The van der Waals surface area contributed by atoms with E-state index in [1.54, 1.807) is 12.1 Å². The average molecular weight is 425 g/mol. The summed E-state index contributed by atoms with van der Waals surface area (Å²) in [4.78, 5) is 17.5. The Kier molecular flexibility index (Phi) is 5.88. The molecule has 1 unspecified atom stereocenters. The summed E-state index contributed by atoms with van der Waals surface area (Å²) >= 11 is 0. The number of alkyl halides is 3. The molecule has 0 radical (unpaired) electrons. The lowest BCUT2D eigenvalue weighted by Gasteiger charge is -2.53. The maximum Gasteiger partial charge on any atom is 0.416 e. The van der Waals surface area contributed by atoms with Crippen molar-refractivity contribution in [2.45, 2.75) is 64.5 Å². The molecule has 4 nitrogen and oxygen atoms in total. The summed E-state index contributed by atoms with van der Waals surface area (Å²) in [6.45, 7) is 9.16. The third kappa shape index (κ3) is 4.11. The first-order valence-electron chi connectivity index (χ1n) is 11.0. The normalized spacial score (nSPS) is 32.8. The molecule has 1 aromatic rings. The van der Waals surface area contributed by atoms with E-state index in [9.17, 15) is 18.0 Å². The van der Waals surface area contributed by atoms with Crippen molar-refractivity contribution >= 4 is 5.91 Å². The lowest BCUT2D eigenvalue weighted by atomic mass is 9.78. The SMILES string of the molecule is CC(C)[C@H]1CO[C@@H]2CCN(Cc3ccc(C(F)(F)F)cc3)C[C@H]3C[C@@H](C)C(=O)N1C32. The highest BCUT2D eigenvalue weighted by Crippen LogP contribution is 2.40. The van der Waals surface area contributed by atoms with E-state index in [4.69, 9.17) is 4.74 Å². The highest BCUT2D eigenvalue weighted by atomic mass is 19.4. The standard InChI is InChI=1S/C23H31F3N2O2/c1-14(2)19-13-30-20-8-9-27(11-16-4-6-18(7-5-16)23(24,25)26)12-17-10-15(3)22(29)28(19)21(17)20/h4-7,14-15,17,19-21H,8-13H2,1-3H3/t15-,17-,19-,20-,21?/m1/s1. The molecule has 30 heavy (non-hydrogen) atoms. The number of likely N-dealkylation sites (tertiary alicyclic amines) is 1. The van der Waals surface area contributed by atoms with Crippen LogP contribution in [0.4, 0.5) is 13.2 Å². The molecule has 0 spiro atoms. The number of nitrogens with zero attached hydrogens (tertiary/aromatic N) is 2. The summed E-state index contributed by atoms with van der Waals surface area (Å²) in [5.41, 5.74) is 0.266. The number of rotatable bonds is 3. The zero-order valence-corrected chi connectivity index (χ0v) is 17.9. The van der Waals surface area contributed by atoms with Gasteiger partial charge in [-0.2, -0.15) is 13.2 Å². The number of carbonyl (C=O) groups is 1. The van der Waals surface area contributed by atoms with Gasteiger partial charge < -0.3 is 9.64 Å². The van der Waals surface area contributed by atoms with Crippen molar-refractivity contribution in [3.8, 4) is 0 Å². The number of amides is 1. The van der Waals surface area contributed by atoms with E-state index < -0.39 is 11.7 Å². The summed E-state index contributed by atoms with van der Waals surface area (Å²) < 4.78 is 44.8. The third-order valence-corrected chi connectivity index (χ3v) is 7.04. The fourth-order valence-corrected chi connectivity index (χ4v) is 5.48. The summed E-state index contributed by atoms with van der Waals surface area (Å²) in [6.07, 6.45) is -2.59. The predicted octanol–water partition coefficient (Wildman–Crippen LogP) is 4.19.